The molecule has 0 radical (unpaired) electrons. The Hall–Kier alpha value is -0.730. The van der Waals surface area contributed by atoms with Crippen LogP contribution in [0.1, 0.15) is 109 Å². The molecule has 0 aromatic rings. The molecule has 4 bridgehead atoms. The first kappa shape index (κ1) is 20.0. The lowest BCUT2D eigenvalue weighted by Crippen LogP contribution is -2.45. The van der Waals surface area contributed by atoms with Crippen LogP contribution in [-0.4, -0.2) is 12.6 Å². The molecular formula is C23H42N2O. The highest BCUT2D eigenvalue weighted by Gasteiger charge is 2.50. The molecule has 2 amide bonds. The number of carbonyl (C=O) groups is 1. The van der Waals surface area contributed by atoms with Gasteiger partial charge >= 0.3 is 6.03 Å². The maximum absolute atomic E-state index is 10.6. The third-order valence-electron chi connectivity index (χ3n) is 7.60. The van der Waals surface area contributed by atoms with Gasteiger partial charge in [0.25, 0.3) is 0 Å². The van der Waals surface area contributed by atoms with Gasteiger partial charge in [0, 0.05) is 6.54 Å². The summed E-state index contributed by atoms with van der Waals surface area (Å²) in [4.78, 5) is 10.6. The van der Waals surface area contributed by atoms with Crippen LogP contribution in [-0.2, 0) is 0 Å². The number of nitrogens with one attached hydrogen (secondary N) is 1. The molecule has 0 atom stereocenters. The first-order valence-electron chi connectivity index (χ1n) is 11.7. The van der Waals surface area contributed by atoms with E-state index >= 15 is 0 Å². The molecular weight excluding hydrogens is 320 g/mol. The van der Waals surface area contributed by atoms with Crippen molar-refractivity contribution in [3.8, 4) is 0 Å². The standard InChI is InChI=1S/C23H42N2O/c24-22(26)25-12-10-8-6-4-2-1-3-5-7-9-11-23-16-19-13-20(17-23)15-21(14-19)18-23/h19-21H,1-18H2,(H3,24,25,26). The lowest BCUT2D eigenvalue weighted by Gasteiger charge is -2.57. The smallest absolute Gasteiger partial charge is 0.312 e. The molecule has 4 rings (SSSR count). The van der Waals surface area contributed by atoms with Crippen LogP contribution in [0.15, 0.2) is 0 Å². The van der Waals surface area contributed by atoms with Gasteiger partial charge in [0.2, 0.25) is 0 Å². The summed E-state index contributed by atoms with van der Waals surface area (Å²) in [5, 5.41) is 2.66. The second kappa shape index (κ2) is 9.99. The van der Waals surface area contributed by atoms with Gasteiger partial charge < -0.3 is 11.1 Å². The quantitative estimate of drug-likeness (QED) is 0.379. The molecule has 26 heavy (non-hydrogen) atoms. The summed E-state index contributed by atoms with van der Waals surface area (Å²) in [6, 6.07) is -0.395. The van der Waals surface area contributed by atoms with Crippen molar-refractivity contribution in [3.05, 3.63) is 0 Å². The first-order chi connectivity index (χ1) is 12.7. The largest absolute Gasteiger partial charge is 0.352 e. The predicted octanol–water partition coefficient (Wildman–Crippen LogP) is 6.16. The third-order valence-corrected chi connectivity index (χ3v) is 7.60. The van der Waals surface area contributed by atoms with Gasteiger partial charge in [0.05, 0.1) is 0 Å². The van der Waals surface area contributed by atoms with E-state index in [0.29, 0.717) is 0 Å². The molecule has 4 aliphatic carbocycles. The summed E-state index contributed by atoms with van der Waals surface area (Å²) in [7, 11) is 0. The van der Waals surface area contributed by atoms with Crippen LogP contribution in [0.25, 0.3) is 0 Å². The Balaban J connectivity index is 1.12. The van der Waals surface area contributed by atoms with Crippen molar-refractivity contribution in [2.75, 3.05) is 6.54 Å². The van der Waals surface area contributed by atoms with Crippen molar-refractivity contribution >= 4 is 6.03 Å². The van der Waals surface area contributed by atoms with Crippen LogP contribution in [0.4, 0.5) is 4.79 Å². The zero-order chi connectivity index (χ0) is 18.2. The van der Waals surface area contributed by atoms with E-state index in [2.05, 4.69) is 5.32 Å². The van der Waals surface area contributed by atoms with Crippen molar-refractivity contribution in [2.24, 2.45) is 28.9 Å². The molecule has 4 saturated carbocycles. The lowest BCUT2D eigenvalue weighted by molar-refractivity contribution is -0.0583. The van der Waals surface area contributed by atoms with Crippen molar-refractivity contribution < 1.29 is 4.79 Å². The van der Waals surface area contributed by atoms with Crippen LogP contribution >= 0.6 is 0 Å². The Kier molecular flexibility index (Phi) is 7.69. The van der Waals surface area contributed by atoms with Crippen LogP contribution < -0.4 is 11.1 Å². The summed E-state index contributed by atoms with van der Waals surface area (Å²) < 4.78 is 0. The average molecular weight is 363 g/mol. The molecule has 4 fully saturated rings. The molecule has 0 heterocycles. The Morgan fingerprint density at radius 1 is 0.731 bits per heavy atom. The van der Waals surface area contributed by atoms with Gasteiger partial charge in [0.1, 0.15) is 0 Å². The van der Waals surface area contributed by atoms with Crippen molar-refractivity contribution in [3.63, 3.8) is 0 Å². The van der Waals surface area contributed by atoms with E-state index in [1.807, 2.05) is 0 Å². The number of carbonyl (C=O) groups excluding carboxylic acids is 1. The molecule has 3 heteroatoms. The van der Waals surface area contributed by atoms with Gasteiger partial charge in [-0.3, -0.25) is 0 Å². The molecule has 0 aromatic carbocycles. The number of unbranched alkanes of at least 4 members (excludes halogenated alkanes) is 9. The Morgan fingerprint density at radius 2 is 1.15 bits per heavy atom. The number of rotatable bonds is 13. The van der Waals surface area contributed by atoms with Gasteiger partial charge in [-0.2, -0.15) is 0 Å². The van der Waals surface area contributed by atoms with E-state index in [-0.39, 0.29) is 0 Å². The molecule has 4 aliphatic rings. The summed E-state index contributed by atoms with van der Waals surface area (Å²) in [6.07, 6.45) is 24.7. The van der Waals surface area contributed by atoms with E-state index in [0.717, 1.165) is 36.1 Å². The molecule has 0 spiro atoms. The van der Waals surface area contributed by atoms with Crippen molar-refractivity contribution in [1.82, 2.24) is 5.32 Å². The highest BCUT2D eigenvalue weighted by atomic mass is 16.2. The van der Waals surface area contributed by atoms with E-state index in [4.69, 9.17) is 5.73 Å². The van der Waals surface area contributed by atoms with Crippen LogP contribution in [0.2, 0.25) is 0 Å². The van der Waals surface area contributed by atoms with Gasteiger partial charge in [-0.25, -0.2) is 4.79 Å². The molecule has 0 aromatic heterocycles. The van der Waals surface area contributed by atoms with Crippen LogP contribution in [0, 0.1) is 23.2 Å². The van der Waals surface area contributed by atoms with Gasteiger partial charge in [0.15, 0.2) is 0 Å². The lowest BCUT2D eigenvalue weighted by atomic mass is 9.48. The Bertz CT molecular complexity index is 399. The minimum absolute atomic E-state index is 0.395. The van der Waals surface area contributed by atoms with E-state index in [1.165, 1.54) is 57.8 Å². The first-order valence-corrected chi connectivity index (χ1v) is 11.7. The number of urea groups is 1. The summed E-state index contributed by atoms with van der Waals surface area (Å²) in [5.41, 5.74) is 5.85. The van der Waals surface area contributed by atoms with Crippen molar-refractivity contribution in [2.45, 2.75) is 109 Å². The molecule has 0 unspecified atom stereocenters. The summed E-state index contributed by atoms with van der Waals surface area (Å²) in [5.74, 6) is 3.36. The SMILES string of the molecule is NC(=O)NCCCCCCCCCCCCC12CC3CC(CC(C3)C1)C2. The number of amides is 2. The maximum Gasteiger partial charge on any atom is 0.312 e. The van der Waals surface area contributed by atoms with E-state index < -0.39 is 6.03 Å². The fourth-order valence-electron chi connectivity index (χ4n) is 6.85. The van der Waals surface area contributed by atoms with E-state index in [1.54, 1.807) is 44.9 Å². The number of hydrogen-bond acceptors (Lipinski definition) is 1. The van der Waals surface area contributed by atoms with Crippen LogP contribution in [0.5, 0.6) is 0 Å². The summed E-state index contributed by atoms with van der Waals surface area (Å²) >= 11 is 0. The number of primary amides is 1. The maximum atomic E-state index is 10.6. The topological polar surface area (TPSA) is 55.1 Å². The minimum atomic E-state index is -0.395. The highest BCUT2D eigenvalue weighted by molar-refractivity contribution is 5.71. The van der Waals surface area contributed by atoms with Gasteiger partial charge in [-0.15, -0.1) is 0 Å². The molecule has 0 saturated heterocycles. The fraction of sp³-hybridized carbons (Fsp3) is 0.957. The monoisotopic (exact) mass is 362 g/mol. The number of hydrogen-bond donors (Lipinski definition) is 2. The van der Waals surface area contributed by atoms with Gasteiger partial charge in [-0.1, -0.05) is 57.8 Å². The fourth-order valence-corrected chi connectivity index (χ4v) is 6.85. The van der Waals surface area contributed by atoms with Crippen molar-refractivity contribution in [1.29, 1.82) is 0 Å². The second-order valence-electron chi connectivity index (χ2n) is 9.99. The second-order valence-corrected chi connectivity index (χ2v) is 9.99. The minimum Gasteiger partial charge on any atom is -0.352 e. The predicted molar refractivity (Wildman–Crippen MR) is 109 cm³/mol. The van der Waals surface area contributed by atoms with E-state index in [9.17, 15) is 4.79 Å². The normalized spacial score (nSPS) is 32.1. The van der Waals surface area contributed by atoms with Gasteiger partial charge in [-0.05, 0) is 74.5 Å². The zero-order valence-electron chi connectivity index (χ0n) is 16.9. The number of nitrogens with two attached hydrogens (primary N) is 1. The molecule has 0 aliphatic heterocycles. The molecule has 3 nitrogen and oxygen atoms in total. The zero-order valence-corrected chi connectivity index (χ0v) is 16.9. The summed E-state index contributed by atoms with van der Waals surface area (Å²) in [6.45, 7) is 0.735. The van der Waals surface area contributed by atoms with Crippen LogP contribution in [0.3, 0.4) is 0 Å². The third kappa shape index (κ3) is 6.16. The average Bonchev–Trinajstić information content (AvgIpc) is 2.57. The Morgan fingerprint density at radius 3 is 1.62 bits per heavy atom. The highest BCUT2D eigenvalue weighted by Crippen LogP contribution is 2.61. The Labute approximate surface area is 161 Å². The molecule has 3 N–H and O–H groups in total. The molecule has 150 valence electrons.